The zero-order chi connectivity index (χ0) is 15.4. The molecule has 0 spiro atoms. The van der Waals surface area contributed by atoms with E-state index in [-0.39, 0.29) is 6.04 Å². The Kier molecular flexibility index (Phi) is 5.07. The third-order valence-electron chi connectivity index (χ3n) is 3.40. The monoisotopic (exact) mass is 293 g/mol. The van der Waals surface area contributed by atoms with Crippen LogP contribution < -0.4 is 5.32 Å². The minimum Gasteiger partial charge on any atom is -0.305 e. The second-order valence-corrected chi connectivity index (χ2v) is 5.08. The number of benzene rings is 1. The lowest BCUT2D eigenvalue weighted by molar-refractivity contribution is 0.499. The van der Waals surface area contributed by atoms with Gasteiger partial charge in [-0.1, -0.05) is 13.0 Å². The Morgan fingerprint density at radius 1 is 1.24 bits per heavy atom. The van der Waals surface area contributed by atoms with Crippen molar-refractivity contribution in [2.75, 3.05) is 6.54 Å². The van der Waals surface area contributed by atoms with Gasteiger partial charge >= 0.3 is 0 Å². The van der Waals surface area contributed by atoms with E-state index >= 15 is 0 Å². The van der Waals surface area contributed by atoms with E-state index in [4.69, 9.17) is 0 Å². The van der Waals surface area contributed by atoms with Crippen LogP contribution in [0.2, 0.25) is 0 Å². The van der Waals surface area contributed by atoms with E-state index in [9.17, 15) is 8.78 Å². The third kappa shape index (κ3) is 3.47. The summed E-state index contributed by atoms with van der Waals surface area (Å²) in [5, 5.41) is 7.74. The summed E-state index contributed by atoms with van der Waals surface area (Å²) in [4.78, 5) is 0. The molecule has 0 amide bonds. The number of aromatic nitrogens is 2. The highest BCUT2D eigenvalue weighted by atomic mass is 19.1. The van der Waals surface area contributed by atoms with E-state index in [0.29, 0.717) is 12.1 Å². The van der Waals surface area contributed by atoms with Crippen LogP contribution in [0.25, 0.3) is 0 Å². The molecule has 5 heteroatoms. The maximum absolute atomic E-state index is 14.1. The summed E-state index contributed by atoms with van der Waals surface area (Å²) in [6, 6.07) is 5.33. The Bertz CT molecular complexity index is 608. The molecule has 1 heterocycles. The Hall–Kier alpha value is -1.75. The first-order chi connectivity index (χ1) is 10.1. The summed E-state index contributed by atoms with van der Waals surface area (Å²) in [7, 11) is 0. The molecule has 1 aromatic heterocycles. The molecule has 0 saturated carbocycles. The van der Waals surface area contributed by atoms with Gasteiger partial charge in [-0.2, -0.15) is 5.10 Å². The van der Waals surface area contributed by atoms with Crippen molar-refractivity contribution in [3.63, 3.8) is 0 Å². The highest BCUT2D eigenvalue weighted by Gasteiger charge is 2.21. The van der Waals surface area contributed by atoms with Crippen molar-refractivity contribution in [1.29, 1.82) is 0 Å². The second-order valence-electron chi connectivity index (χ2n) is 5.08. The largest absolute Gasteiger partial charge is 0.305 e. The van der Waals surface area contributed by atoms with Crippen molar-refractivity contribution >= 4 is 0 Å². The molecule has 1 atom stereocenters. The van der Waals surface area contributed by atoms with Gasteiger partial charge in [-0.3, -0.25) is 4.68 Å². The normalized spacial score (nSPS) is 12.6. The molecule has 0 fully saturated rings. The molecule has 2 rings (SSSR count). The maximum Gasteiger partial charge on any atom is 0.131 e. The molecule has 1 unspecified atom stereocenters. The van der Waals surface area contributed by atoms with Gasteiger partial charge in [0.25, 0.3) is 0 Å². The Labute approximate surface area is 124 Å². The Morgan fingerprint density at radius 3 is 2.62 bits per heavy atom. The van der Waals surface area contributed by atoms with Crippen LogP contribution >= 0.6 is 0 Å². The average molecular weight is 293 g/mol. The van der Waals surface area contributed by atoms with Crippen molar-refractivity contribution in [3.8, 4) is 0 Å². The van der Waals surface area contributed by atoms with Crippen LogP contribution in [0.4, 0.5) is 8.78 Å². The van der Waals surface area contributed by atoms with E-state index in [2.05, 4.69) is 10.4 Å². The van der Waals surface area contributed by atoms with Gasteiger partial charge in [-0.15, -0.1) is 0 Å². The molecule has 21 heavy (non-hydrogen) atoms. The average Bonchev–Trinajstić information content (AvgIpc) is 2.82. The fraction of sp³-hybridized carbons (Fsp3) is 0.438. The fourth-order valence-corrected chi connectivity index (χ4v) is 2.45. The van der Waals surface area contributed by atoms with Gasteiger partial charge in [-0.05, 0) is 38.9 Å². The van der Waals surface area contributed by atoms with Gasteiger partial charge in [0.1, 0.15) is 11.6 Å². The van der Waals surface area contributed by atoms with Crippen molar-refractivity contribution in [1.82, 2.24) is 15.1 Å². The number of aryl methyl sites for hydroxylation is 2. The zero-order valence-corrected chi connectivity index (χ0v) is 12.7. The van der Waals surface area contributed by atoms with Crippen molar-refractivity contribution < 1.29 is 8.78 Å². The summed E-state index contributed by atoms with van der Waals surface area (Å²) in [6.45, 7) is 7.40. The van der Waals surface area contributed by atoms with Crippen LogP contribution in [0.1, 0.15) is 43.3 Å². The van der Waals surface area contributed by atoms with Gasteiger partial charge < -0.3 is 5.32 Å². The summed E-state index contributed by atoms with van der Waals surface area (Å²) in [5.41, 5.74) is 2.23. The van der Waals surface area contributed by atoms with Crippen LogP contribution in [0.15, 0.2) is 24.3 Å². The number of nitrogens with zero attached hydrogens (tertiary/aromatic N) is 2. The molecule has 0 radical (unpaired) electrons. The number of halogens is 2. The molecule has 3 nitrogen and oxygen atoms in total. The molecule has 0 aliphatic rings. The zero-order valence-electron chi connectivity index (χ0n) is 12.7. The van der Waals surface area contributed by atoms with Crippen LogP contribution in [0.5, 0.6) is 0 Å². The first-order valence-electron chi connectivity index (χ1n) is 7.29. The number of hydrogen-bond acceptors (Lipinski definition) is 2. The van der Waals surface area contributed by atoms with Gasteiger partial charge in [0.15, 0.2) is 0 Å². The highest BCUT2D eigenvalue weighted by Crippen LogP contribution is 2.26. The molecule has 0 saturated heterocycles. The van der Waals surface area contributed by atoms with Crippen molar-refractivity contribution in [2.24, 2.45) is 0 Å². The van der Waals surface area contributed by atoms with Gasteiger partial charge in [0.2, 0.25) is 0 Å². The quantitative estimate of drug-likeness (QED) is 0.882. The molecule has 0 aliphatic heterocycles. The van der Waals surface area contributed by atoms with Crippen LogP contribution in [-0.2, 0) is 6.54 Å². The minimum atomic E-state index is -0.564. The van der Waals surface area contributed by atoms with E-state index in [1.54, 1.807) is 0 Å². The predicted molar refractivity (Wildman–Crippen MR) is 79.1 cm³/mol. The summed E-state index contributed by atoms with van der Waals surface area (Å²) in [5.74, 6) is -1.10. The summed E-state index contributed by atoms with van der Waals surface area (Å²) >= 11 is 0. The molecular formula is C16H21F2N3. The Balaban J connectivity index is 2.46. The van der Waals surface area contributed by atoms with E-state index < -0.39 is 11.6 Å². The molecule has 1 aromatic carbocycles. The minimum absolute atomic E-state index is 0.327. The highest BCUT2D eigenvalue weighted by molar-refractivity contribution is 5.30. The SMILES string of the molecule is CCCNC(c1ccc(F)cc1F)c1cc(C)nn1CC. The van der Waals surface area contributed by atoms with Gasteiger partial charge in [0, 0.05) is 18.2 Å². The second kappa shape index (κ2) is 6.80. The Morgan fingerprint density at radius 2 is 2.00 bits per heavy atom. The molecule has 1 N–H and O–H groups in total. The lowest BCUT2D eigenvalue weighted by Gasteiger charge is -2.20. The standard InChI is InChI=1S/C16H21F2N3/c1-4-8-19-16(13-7-6-12(17)10-14(13)18)15-9-11(3)20-21(15)5-2/h6-7,9-10,16,19H,4-5,8H2,1-3H3. The molecule has 114 valence electrons. The third-order valence-corrected chi connectivity index (χ3v) is 3.40. The number of nitrogens with one attached hydrogen (secondary N) is 1. The number of rotatable bonds is 6. The van der Waals surface area contributed by atoms with Crippen LogP contribution in [-0.4, -0.2) is 16.3 Å². The molecular weight excluding hydrogens is 272 g/mol. The lowest BCUT2D eigenvalue weighted by atomic mass is 10.0. The summed E-state index contributed by atoms with van der Waals surface area (Å²) in [6.07, 6.45) is 0.929. The lowest BCUT2D eigenvalue weighted by Crippen LogP contribution is -2.26. The summed E-state index contributed by atoms with van der Waals surface area (Å²) < 4.78 is 29.1. The van der Waals surface area contributed by atoms with E-state index in [0.717, 1.165) is 30.4 Å². The van der Waals surface area contributed by atoms with Crippen LogP contribution in [0, 0.1) is 18.6 Å². The van der Waals surface area contributed by atoms with Crippen molar-refractivity contribution in [2.45, 2.75) is 39.8 Å². The van der Waals surface area contributed by atoms with Crippen LogP contribution in [0.3, 0.4) is 0 Å². The fourth-order valence-electron chi connectivity index (χ4n) is 2.45. The topological polar surface area (TPSA) is 29.9 Å². The predicted octanol–water partition coefficient (Wildman–Crippen LogP) is 3.58. The van der Waals surface area contributed by atoms with Gasteiger partial charge in [-0.25, -0.2) is 8.78 Å². The molecule has 2 aromatic rings. The van der Waals surface area contributed by atoms with Crippen molar-refractivity contribution in [3.05, 3.63) is 52.9 Å². The van der Waals surface area contributed by atoms with E-state index in [1.165, 1.54) is 12.1 Å². The first kappa shape index (κ1) is 15.6. The molecule has 0 bridgehead atoms. The maximum atomic E-state index is 14.1. The molecule has 0 aliphatic carbocycles. The first-order valence-corrected chi connectivity index (χ1v) is 7.29. The smallest absolute Gasteiger partial charge is 0.131 e. The van der Waals surface area contributed by atoms with Gasteiger partial charge in [0.05, 0.1) is 17.4 Å². The van der Waals surface area contributed by atoms with E-state index in [1.807, 2.05) is 31.5 Å². The number of hydrogen-bond donors (Lipinski definition) is 1.